The first-order valence-corrected chi connectivity index (χ1v) is 8.13. The van der Waals surface area contributed by atoms with Gasteiger partial charge in [-0.3, -0.25) is 4.79 Å². The summed E-state index contributed by atoms with van der Waals surface area (Å²) >= 11 is 0. The number of benzene rings is 2. The van der Waals surface area contributed by atoms with Crippen LogP contribution in [0, 0.1) is 11.7 Å². The smallest absolute Gasteiger partial charge is 0.227 e. The summed E-state index contributed by atoms with van der Waals surface area (Å²) in [6.07, 6.45) is 4.19. The molecule has 1 fully saturated rings. The standard InChI is InChI=1S/C18H17FN4O/c19-13-5-8-15(9-6-13)23-21-16-10-7-14(11-17(16)22-23)20-18(24)12-3-1-2-4-12/h5-12H,1-4H2,(H,20,24). The third-order valence-corrected chi connectivity index (χ3v) is 4.43. The van der Waals surface area contributed by atoms with Gasteiger partial charge >= 0.3 is 0 Å². The summed E-state index contributed by atoms with van der Waals surface area (Å²) in [5.41, 5.74) is 2.82. The zero-order valence-electron chi connectivity index (χ0n) is 13.1. The number of amides is 1. The zero-order valence-corrected chi connectivity index (χ0v) is 13.1. The number of rotatable bonds is 3. The monoisotopic (exact) mass is 324 g/mol. The Labute approximate surface area is 138 Å². The van der Waals surface area contributed by atoms with Crippen LogP contribution >= 0.6 is 0 Å². The topological polar surface area (TPSA) is 59.8 Å². The van der Waals surface area contributed by atoms with Crippen LogP contribution in [-0.4, -0.2) is 20.9 Å². The van der Waals surface area contributed by atoms with E-state index in [4.69, 9.17) is 0 Å². The highest BCUT2D eigenvalue weighted by Crippen LogP contribution is 2.26. The molecule has 1 saturated carbocycles. The molecular weight excluding hydrogens is 307 g/mol. The van der Waals surface area contributed by atoms with Crippen LogP contribution in [-0.2, 0) is 4.79 Å². The van der Waals surface area contributed by atoms with Gasteiger partial charge in [-0.1, -0.05) is 12.8 Å². The maximum atomic E-state index is 13.0. The predicted molar refractivity (Wildman–Crippen MR) is 89.4 cm³/mol. The van der Waals surface area contributed by atoms with Crippen molar-refractivity contribution in [1.29, 1.82) is 0 Å². The molecule has 1 amide bonds. The molecule has 1 N–H and O–H groups in total. The molecule has 6 heteroatoms. The van der Waals surface area contributed by atoms with Gasteiger partial charge in [0.15, 0.2) is 0 Å². The molecule has 0 spiro atoms. The molecule has 1 heterocycles. The van der Waals surface area contributed by atoms with Gasteiger partial charge in [-0.25, -0.2) is 4.39 Å². The van der Waals surface area contributed by atoms with Crippen molar-refractivity contribution in [2.24, 2.45) is 5.92 Å². The van der Waals surface area contributed by atoms with E-state index in [0.29, 0.717) is 11.2 Å². The highest BCUT2D eigenvalue weighted by molar-refractivity contribution is 5.94. The lowest BCUT2D eigenvalue weighted by molar-refractivity contribution is -0.119. The van der Waals surface area contributed by atoms with Crippen molar-refractivity contribution in [2.75, 3.05) is 5.32 Å². The Bertz CT molecular complexity index is 882. The Morgan fingerprint density at radius 3 is 2.50 bits per heavy atom. The summed E-state index contributed by atoms with van der Waals surface area (Å²) in [6.45, 7) is 0. The fourth-order valence-corrected chi connectivity index (χ4v) is 3.11. The maximum absolute atomic E-state index is 13.0. The van der Waals surface area contributed by atoms with E-state index >= 15 is 0 Å². The summed E-state index contributed by atoms with van der Waals surface area (Å²) in [5, 5.41) is 11.8. The molecule has 5 nitrogen and oxygen atoms in total. The minimum atomic E-state index is -0.299. The van der Waals surface area contributed by atoms with E-state index in [1.165, 1.54) is 16.9 Å². The number of fused-ring (bicyclic) bond motifs is 1. The van der Waals surface area contributed by atoms with Crippen molar-refractivity contribution in [3.8, 4) is 5.69 Å². The van der Waals surface area contributed by atoms with Crippen LogP contribution in [0.1, 0.15) is 25.7 Å². The third kappa shape index (κ3) is 2.87. The second-order valence-electron chi connectivity index (χ2n) is 6.14. The normalized spacial score (nSPS) is 15.0. The molecule has 4 rings (SSSR count). The average Bonchev–Trinajstić information content (AvgIpc) is 3.24. The minimum absolute atomic E-state index is 0.0813. The molecule has 3 aromatic rings. The number of hydrogen-bond acceptors (Lipinski definition) is 3. The molecule has 24 heavy (non-hydrogen) atoms. The number of carbonyl (C=O) groups is 1. The van der Waals surface area contributed by atoms with E-state index in [9.17, 15) is 9.18 Å². The summed E-state index contributed by atoms with van der Waals surface area (Å²) in [5.74, 6) is -0.0965. The molecule has 2 aromatic carbocycles. The van der Waals surface area contributed by atoms with E-state index < -0.39 is 0 Å². The molecule has 1 aliphatic carbocycles. The van der Waals surface area contributed by atoms with Crippen molar-refractivity contribution in [1.82, 2.24) is 15.0 Å². The lowest BCUT2D eigenvalue weighted by Crippen LogP contribution is -2.20. The number of hydrogen-bond donors (Lipinski definition) is 1. The van der Waals surface area contributed by atoms with Crippen molar-refractivity contribution in [3.05, 3.63) is 48.3 Å². The van der Waals surface area contributed by atoms with E-state index in [-0.39, 0.29) is 17.6 Å². The van der Waals surface area contributed by atoms with Crippen molar-refractivity contribution in [2.45, 2.75) is 25.7 Å². The Morgan fingerprint density at radius 2 is 1.75 bits per heavy atom. The summed E-state index contributed by atoms with van der Waals surface area (Å²) in [4.78, 5) is 13.7. The Balaban J connectivity index is 1.58. The number of halogens is 1. The van der Waals surface area contributed by atoms with Crippen molar-refractivity contribution >= 4 is 22.6 Å². The van der Waals surface area contributed by atoms with Gasteiger partial charge in [-0.15, -0.1) is 10.2 Å². The van der Waals surface area contributed by atoms with Gasteiger partial charge < -0.3 is 5.32 Å². The van der Waals surface area contributed by atoms with E-state index in [1.54, 1.807) is 12.1 Å². The fourth-order valence-electron chi connectivity index (χ4n) is 3.11. The SMILES string of the molecule is O=C(Nc1ccc2nn(-c3ccc(F)cc3)nc2c1)C1CCCC1. The molecule has 0 atom stereocenters. The molecule has 0 radical (unpaired) electrons. The summed E-state index contributed by atoms with van der Waals surface area (Å²) in [6, 6.07) is 11.5. The van der Waals surface area contributed by atoms with Crippen LogP contribution < -0.4 is 5.32 Å². The molecule has 1 aliphatic rings. The van der Waals surface area contributed by atoms with Gasteiger partial charge in [0.25, 0.3) is 0 Å². The zero-order chi connectivity index (χ0) is 16.5. The molecule has 0 saturated heterocycles. The first kappa shape index (κ1) is 14.8. The number of nitrogens with one attached hydrogen (secondary N) is 1. The third-order valence-electron chi connectivity index (χ3n) is 4.43. The first-order valence-electron chi connectivity index (χ1n) is 8.13. The maximum Gasteiger partial charge on any atom is 0.227 e. The number of anilines is 1. The number of carbonyl (C=O) groups excluding carboxylic acids is 1. The number of aromatic nitrogens is 3. The van der Waals surface area contributed by atoms with Crippen molar-refractivity contribution in [3.63, 3.8) is 0 Å². The molecule has 122 valence electrons. The van der Waals surface area contributed by atoms with E-state index in [2.05, 4.69) is 15.5 Å². The van der Waals surface area contributed by atoms with Crippen LogP contribution in [0.15, 0.2) is 42.5 Å². The highest BCUT2D eigenvalue weighted by atomic mass is 19.1. The Kier molecular flexibility index (Phi) is 3.72. The average molecular weight is 324 g/mol. The molecule has 0 bridgehead atoms. The van der Waals surface area contributed by atoms with Crippen LogP contribution in [0.3, 0.4) is 0 Å². The number of nitrogens with zero attached hydrogens (tertiary/aromatic N) is 3. The van der Waals surface area contributed by atoms with Crippen LogP contribution in [0.25, 0.3) is 16.7 Å². The van der Waals surface area contributed by atoms with Gasteiger partial charge in [0.2, 0.25) is 5.91 Å². The molecule has 0 unspecified atom stereocenters. The Hall–Kier alpha value is -2.76. The van der Waals surface area contributed by atoms with Gasteiger partial charge in [0, 0.05) is 11.6 Å². The van der Waals surface area contributed by atoms with E-state index in [0.717, 1.165) is 36.9 Å². The minimum Gasteiger partial charge on any atom is -0.326 e. The quantitative estimate of drug-likeness (QED) is 0.799. The Morgan fingerprint density at radius 1 is 1.04 bits per heavy atom. The second kappa shape index (κ2) is 6.03. The lowest BCUT2D eigenvalue weighted by atomic mass is 10.1. The fraction of sp³-hybridized carbons (Fsp3) is 0.278. The summed E-state index contributed by atoms with van der Waals surface area (Å²) in [7, 11) is 0. The van der Waals surface area contributed by atoms with Crippen LogP contribution in [0.5, 0.6) is 0 Å². The van der Waals surface area contributed by atoms with Gasteiger partial charge in [-0.05, 0) is 55.3 Å². The van der Waals surface area contributed by atoms with Crippen LogP contribution in [0.2, 0.25) is 0 Å². The predicted octanol–water partition coefficient (Wildman–Crippen LogP) is 3.69. The van der Waals surface area contributed by atoms with Crippen LogP contribution in [0.4, 0.5) is 10.1 Å². The highest BCUT2D eigenvalue weighted by Gasteiger charge is 2.22. The van der Waals surface area contributed by atoms with Gasteiger partial charge in [0.1, 0.15) is 16.9 Å². The molecule has 1 aromatic heterocycles. The van der Waals surface area contributed by atoms with Gasteiger partial charge in [-0.2, -0.15) is 4.80 Å². The van der Waals surface area contributed by atoms with Gasteiger partial charge in [0.05, 0.1) is 5.69 Å². The molecule has 0 aliphatic heterocycles. The summed E-state index contributed by atoms with van der Waals surface area (Å²) < 4.78 is 13.0. The second-order valence-corrected chi connectivity index (χ2v) is 6.14. The van der Waals surface area contributed by atoms with Crippen molar-refractivity contribution < 1.29 is 9.18 Å². The molecular formula is C18H17FN4O. The van der Waals surface area contributed by atoms with E-state index in [1.807, 2.05) is 18.2 Å². The first-order chi connectivity index (χ1) is 11.7. The lowest BCUT2D eigenvalue weighted by Gasteiger charge is -2.09. The largest absolute Gasteiger partial charge is 0.326 e.